The molecule has 2 aromatic rings. The predicted molar refractivity (Wildman–Crippen MR) is 60.1 cm³/mol. The van der Waals surface area contributed by atoms with Crippen LogP contribution in [0.3, 0.4) is 0 Å². The molecular formula is C10H14N4O. The molecule has 15 heavy (non-hydrogen) atoms. The molecule has 1 aromatic heterocycles. The van der Waals surface area contributed by atoms with Gasteiger partial charge in [-0.3, -0.25) is 0 Å². The van der Waals surface area contributed by atoms with E-state index in [2.05, 4.69) is 10.3 Å². The Balaban J connectivity index is 2.24. The van der Waals surface area contributed by atoms with E-state index in [-0.39, 0.29) is 6.61 Å². The second-order valence-electron chi connectivity index (χ2n) is 3.30. The number of benzene rings is 1. The maximum Gasteiger partial charge on any atom is 0.222 e. The van der Waals surface area contributed by atoms with Crippen molar-refractivity contribution >= 4 is 17.0 Å². The van der Waals surface area contributed by atoms with Crippen LogP contribution in [-0.2, 0) is 0 Å². The van der Waals surface area contributed by atoms with Crippen molar-refractivity contribution in [1.82, 2.24) is 9.66 Å². The Kier molecular flexibility index (Phi) is 2.73. The Bertz CT molecular complexity index is 452. The first-order valence-electron chi connectivity index (χ1n) is 4.90. The number of aliphatic hydroxyl groups excluding tert-OH is 1. The van der Waals surface area contributed by atoms with Crippen LogP contribution in [0.4, 0.5) is 5.95 Å². The minimum absolute atomic E-state index is 0.164. The molecule has 0 saturated heterocycles. The Morgan fingerprint density at radius 1 is 1.40 bits per heavy atom. The summed E-state index contributed by atoms with van der Waals surface area (Å²) in [5.41, 5.74) is 1.76. The van der Waals surface area contributed by atoms with E-state index in [0.29, 0.717) is 18.9 Å². The van der Waals surface area contributed by atoms with Crippen LogP contribution in [0, 0.1) is 0 Å². The van der Waals surface area contributed by atoms with Gasteiger partial charge < -0.3 is 16.3 Å². The van der Waals surface area contributed by atoms with E-state index in [1.807, 2.05) is 24.3 Å². The average molecular weight is 206 g/mol. The van der Waals surface area contributed by atoms with Gasteiger partial charge in [-0.2, -0.15) is 0 Å². The third-order valence-electron chi connectivity index (χ3n) is 2.21. The number of imidazole rings is 1. The van der Waals surface area contributed by atoms with Crippen LogP contribution in [-0.4, -0.2) is 27.9 Å². The second-order valence-corrected chi connectivity index (χ2v) is 3.30. The largest absolute Gasteiger partial charge is 0.396 e. The highest BCUT2D eigenvalue weighted by Gasteiger charge is 2.05. The maximum atomic E-state index is 8.65. The van der Waals surface area contributed by atoms with Crippen LogP contribution in [0.15, 0.2) is 24.3 Å². The van der Waals surface area contributed by atoms with Gasteiger partial charge in [0.2, 0.25) is 5.95 Å². The van der Waals surface area contributed by atoms with Gasteiger partial charge in [0.25, 0.3) is 0 Å². The molecule has 0 amide bonds. The number of nitrogens with two attached hydrogens (primary N) is 1. The first-order valence-corrected chi connectivity index (χ1v) is 4.90. The number of fused-ring (bicyclic) bond motifs is 1. The number of nitrogen functional groups attached to an aromatic ring is 1. The van der Waals surface area contributed by atoms with Crippen LogP contribution in [0.5, 0.6) is 0 Å². The lowest BCUT2D eigenvalue weighted by atomic mass is 10.3. The van der Waals surface area contributed by atoms with Crippen molar-refractivity contribution < 1.29 is 5.11 Å². The summed E-state index contributed by atoms with van der Waals surface area (Å²) >= 11 is 0. The van der Waals surface area contributed by atoms with Gasteiger partial charge in [-0.25, -0.2) is 9.66 Å². The number of para-hydroxylation sites is 2. The Morgan fingerprint density at radius 2 is 2.20 bits per heavy atom. The van der Waals surface area contributed by atoms with Gasteiger partial charge in [0.15, 0.2) is 0 Å². The molecule has 0 aliphatic heterocycles. The smallest absolute Gasteiger partial charge is 0.222 e. The van der Waals surface area contributed by atoms with E-state index in [1.165, 1.54) is 4.68 Å². The number of nitrogens with zero attached hydrogens (tertiary/aromatic N) is 2. The molecule has 0 saturated carbocycles. The van der Waals surface area contributed by atoms with Gasteiger partial charge in [-0.05, 0) is 18.6 Å². The molecule has 1 heterocycles. The summed E-state index contributed by atoms with van der Waals surface area (Å²) in [7, 11) is 0. The van der Waals surface area contributed by atoms with Crippen LogP contribution in [0.25, 0.3) is 11.0 Å². The molecule has 0 unspecified atom stereocenters. The maximum absolute atomic E-state index is 8.65. The Hall–Kier alpha value is -1.75. The predicted octanol–water partition coefficient (Wildman–Crippen LogP) is 0.544. The standard InChI is InChI=1S/C10H14N4O/c11-14-9-5-2-1-4-8(9)13-10(14)12-6-3-7-15/h1-2,4-5,15H,3,6-7,11H2,(H,12,13). The molecule has 2 rings (SSSR count). The topological polar surface area (TPSA) is 76.1 Å². The van der Waals surface area contributed by atoms with Crippen LogP contribution < -0.4 is 11.2 Å². The molecule has 5 nitrogen and oxygen atoms in total. The lowest BCUT2D eigenvalue weighted by Crippen LogP contribution is -2.15. The number of aliphatic hydroxyl groups is 1. The molecule has 0 aliphatic carbocycles. The van der Waals surface area contributed by atoms with Crippen molar-refractivity contribution in [2.45, 2.75) is 6.42 Å². The summed E-state index contributed by atoms with van der Waals surface area (Å²) in [5.74, 6) is 6.48. The first kappa shape index (κ1) is 9.79. The van der Waals surface area contributed by atoms with Crippen molar-refractivity contribution in [3.05, 3.63) is 24.3 Å². The highest BCUT2D eigenvalue weighted by Crippen LogP contribution is 2.15. The highest BCUT2D eigenvalue weighted by atomic mass is 16.3. The van der Waals surface area contributed by atoms with E-state index < -0.39 is 0 Å². The Morgan fingerprint density at radius 3 is 2.93 bits per heavy atom. The zero-order chi connectivity index (χ0) is 10.7. The fourth-order valence-corrected chi connectivity index (χ4v) is 1.45. The Labute approximate surface area is 87.5 Å². The molecule has 0 spiro atoms. The number of anilines is 1. The highest BCUT2D eigenvalue weighted by molar-refractivity contribution is 5.78. The van der Waals surface area contributed by atoms with Crippen LogP contribution in [0.1, 0.15) is 6.42 Å². The number of hydrogen-bond donors (Lipinski definition) is 3. The van der Waals surface area contributed by atoms with E-state index in [4.69, 9.17) is 10.9 Å². The average Bonchev–Trinajstić information content (AvgIpc) is 2.57. The fraction of sp³-hybridized carbons (Fsp3) is 0.300. The molecule has 1 aromatic carbocycles. The SMILES string of the molecule is Nn1c(NCCCO)nc2ccccc21. The lowest BCUT2D eigenvalue weighted by molar-refractivity contribution is 0.292. The number of nitrogens with one attached hydrogen (secondary N) is 1. The van der Waals surface area contributed by atoms with Gasteiger partial charge in [-0.1, -0.05) is 12.1 Å². The third kappa shape index (κ3) is 1.87. The van der Waals surface area contributed by atoms with Crippen molar-refractivity contribution in [1.29, 1.82) is 0 Å². The first-order chi connectivity index (χ1) is 7.33. The normalized spacial score (nSPS) is 10.7. The van der Waals surface area contributed by atoms with E-state index in [9.17, 15) is 0 Å². The monoisotopic (exact) mass is 206 g/mol. The fourth-order valence-electron chi connectivity index (χ4n) is 1.45. The number of aromatic nitrogens is 2. The lowest BCUT2D eigenvalue weighted by Gasteiger charge is -2.04. The van der Waals surface area contributed by atoms with Crippen molar-refractivity contribution in [3.8, 4) is 0 Å². The molecule has 4 N–H and O–H groups in total. The van der Waals surface area contributed by atoms with E-state index in [1.54, 1.807) is 0 Å². The van der Waals surface area contributed by atoms with Crippen LogP contribution in [0.2, 0.25) is 0 Å². The summed E-state index contributed by atoms with van der Waals surface area (Å²) in [4.78, 5) is 4.33. The minimum Gasteiger partial charge on any atom is -0.396 e. The number of rotatable bonds is 4. The second kappa shape index (κ2) is 4.18. The number of hydrogen-bond acceptors (Lipinski definition) is 4. The molecule has 5 heteroatoms. The van der Waals surface area contributed by atoms with Gasteiger partial charge in [-0.15, -0.1) is 0 Å². The van der Waals surface area contributed by atoms with E-state index in [0.717, 1.165) is 11.0 Å². The molecule has 0 atom stereocenters. The third-order valence-corrected chi connectivity index (χ3v) is 2.21. The molecular weight excluding hydrogens is 192 g/mol. The molecule has 0 bridgehead atoms. The molecule has 80 valence electrons. The van der Waals surface area contributed by atoms with Crippen molar-refractivity contribution in [2.75, 3.05) is 24.3 Å². The summed E-state index contributed by atoms with van der Waals surface area (Å²) < 4.78 is 1.52. The summed E-state index contributed by atoms with van der Waals surface area (Å²) in [6.07, 6.45) is 0.684. The van der Waals surface area contributed by atoms with Gasteiger partial charge in [0.05, 0.1) is 11.0 Å². The minimum atomic E-state index is 0.164. The quantitative estimate of drug-likeness (QED) is 0.504. The van der Waals surface area contributed by atoms with Crippen molar-refractivity contribution in [2.24, 2.45) is 0 Å². The summed E-state index contributed by atoms with van der Waals surface area (Å²) in [5, 5.41) is 11.7. The molecule has 0 radical (unpaired) electrons. The zero-order valence-electron chi connectivity index (χ0n) is 8.35. The van der Waals surface area contributed by atoms with E-state index >= 15 is 0 Å². The van der Waals surface area contributed by atoms with Crippen molar-refractivity contribution in [3.63, 3.8) is 0 Å². The molecule has 0 aliphatic rings. The molecule has 0 fully saturated rings. The van der Waals surface area contributed by atoms with Crippen LogP contribution >= 0.6 is 0 Å². The zero-order valence-corrected chi connectivity index (χ0v) is 8.35. The van der Waals surface area contributed by atoms with Gasteiger partial charge in [0, 0.05) is 13.2 Å². The van der Waals surface area contributed by atoms with Gasteiger partial charge in [0.1, 0.15) is 0 Å². The summed E-state index contributed by atoms with van der Waals surface area (Å²) in [6.45, 7) is 0.828. The summed E-state index contributed by atoms with van der Waals surface area (Å²) in [6, 6.07) is 7.67. The van der Waals surface area contributed by atoms with Gasteiger partial charge >= 0.3 is 0 Å².